The molecule has 0 atom stereocenters. The Balaban J connectivity index is 1.78. The summed E-state index contributed by atoms with van der Waals surface area (Å²) < 4.78 is 0. The van der Waals surface area contributed by atoms with Gasteiger partial charge in [0, 0.05) is 18.1 Å². The number of rotatable bonds is 3. The summed E-state index contributed by atoms with van der Waals surface area (Å²) in [4.78, 5) is 2.52. The van der Waals surface area contributed by atoms with Crippen molar-refractivity contribution in [1.29, 1.82) is 0 Å². The third kappa shape index (κ3) is 3.46. The third-order valence-corrected chi connectivity index (χ3v) is 4.96. The molecule has 18 heavy (non-hydrogen) atoms. The van der Waals surface area contributed by atoms with Crippen molar-refractivity contribution in [1.82, 2.24) is 9.96 Å². The number of piperidine rings is 1. The van der Waals surface area contributed by atoms with E-state index in [9.17, 15) is 5.21 Å². The number of hydroxylamine groups is 2. The van der Waals surface area contributed by atoms with Gasteiger partial charge in [-0.2, -0.15) is 5.06 Å². The molecule has 0 spiro atoms. The summed E-state index contributed by atoms with van der Waals surface area (Å²) in [6, 6.07) is 1.48. The zero-order chi connectivity index (χ0) is 13.1. The maximum atomic E-state index is 10.4. The molecule has 2 rings (SSSR count). The molecule has 1 N–H and O–H groups in total. The number of hydrogen-bond acceptors (Lipinski definition) is 3. The lowest BCUT2D eigenvalue weighted by Gasteiger charge is -2.41. The van der Waals surface area contributed by atoms with Crippen molar-refractivity contribution in [3.05, 3.63) is 0 Å². The Labute approximate surface area is 112 Å². The minimum absolute atomic E-state index is 0.401. The van der Waals surface area contributed by atoms with Crippen molar-refractivity contribution in [3.8, 4) is 0 Å². The van der Waals surface area contributed by atoms with E-state index in [1.54, 1.807) is 5.06 Å². The van der Waals surface area contributed by atoms with E-state index >= 15 is 0 Å². The van der Waals surface area contributed by atoms with Gasteiger partial charge in [0.15, 0.2) is 0 Å². The normalized spacial score (nSPS) is 32.3. The highest BCUT2D eigenvalue weighted by atomic mass is 16.5. The van der Waals surface area contributed by atoms with Gasteiger partial charge in [0.05, 0.1) is 0 Å². The number of likely N-dealkylation sites (tertiary alicyclic amines) is 1. The van der Waals surface area contributed by atoms with Gasteiger partial charge in [0.2, 0.25) is 0 Å². The second-order valence-electron chi connectivity index (χ2n) is 6.65. The summed E-state index contributed by atoms with van der Waals surface area (Å²) in [7, 11) is 0. The van der Waals surface area contributed by atoms with Crippen molar-refractivity contribution in [2.24, 2.45) is 5.92 Å². The van der Waals surface area contributed by atoms with Gasteiger partial charge >= 0.3 is 0 Å². The molecule has 1 heterocycles. The molecule has 0 bridgehead atoms. The minimum atomic E-state index is 0.401. The maximum absolute atomic E-state index is 10.4. The van der Waals surface area contributed by atoms with Crippen molar-refractivity contribution in [2.45, 2.75) is 77.4 Å². The van der Waals surface area contributed by atoms with Crippen molar-refractivity contribution >= 4 is 0 Å². The van der Waals surface area contributed by atoms with Crippen LogP contribution in [0.4, 0.5) is 0 Å². The van der Waals surface area contributed by atoms with Gasteiger partial charge < -0.3 is 10.1 Å². The molecule has 3 heteroatoms. The van der Waals surface area contributed by atoms with Crippen LogP contribution in [0, 0.1) is 5.92 Å². The Morgan fingerprint density at radius 3 is 1.94 bits per heavy atom. The van der Waals surface area contributed by atoms with Crippen LogP contribution in [0.3, 0.4) is 0 Å². The molecular formula is C15H30N2O. The van der Waals surface area contributed by atoms with Crippen LogP contribution in [-0.2, 0) is 0 Å². The zero-order valence-electron chi connectivity index (χ0n) is 12.3. The van der Waals surface area contributed by atoms with Crippen LogP contribution in [0.1, 0.15) is 59.3 Å². The summed E-state index contributed by atoms with van der Waals surface area (Å²) in [6.45, 7) is 9.14. The second kappa shape index (κ2) is 6.36. The molecule has 1 saturated heterocycles. The summed E-state index contributed by atoms with van der Waals surface area (Å²) in [6.07, 6.45) is 7.19. The average Bonchev–Trinajstić information content (AvgIpc) is 2.39. The molecule has 0 aromatic heterocycles. The summed E-state index contributed by atoms with van der Waals surface area (Å²) >= 11 is 0. The molecular weight excluding hydrogens is 224 g/mol. The van der Waals surface area contributed by atoms with Crippen LogP contribution in [0.25, 0.3) is 0 Å². The highest BCUT2D eigenvalue weighted by Crippen LogP contribution is 2.29. The first-order valence-corrected chi connectivity index (χ1v) is 7.79. The molecule has 0 amide bonds. The van der Waals surface area contributed by atoms with Crippen LogP contribution < -0.4 is 0 Å². The smallest absolute Gasteiger partial charge is 0.0377 e. The molecule has 3 nitrogen and oxygen atoms in total. The Hall–Kier alpha value is -0.120. The lowest BCUT2D eigenvalue weighted by atomic mass is 9.86. The highest BCUT2D eigenvalue weighted by molar-refractivity contribution is 4.83. The second-order valence-corrected chi connectivity index (χ2v) is 6.65. The number of nitrogens with zero attached hydrogens (tertiary/aromatic N) is 2. The van der Waals surface area contributed by atoms with Crippen LogP contribution in [0.2, 0.25) is 0 Å². The lowest BCUT2D eigenvalue weighted by Crippen LogP contribution is -2.49. The van der Waals surface area contributed by atoms with Gasteiger partial charge in [0.1, 0.15) is 0 Å². The van der Waals surface area contributed by atoms with E-state index in [2.05, 4.69) is 25.7 Å². The van der Waals surface area contributed by atoms with Gasteiger partial charge in [-0.25, -0.2) is 0 Å². The van der Waals surface area contributed by atoms with Gasteiger partial charge in [-0.1, -0.05) is 6.92 Å². The predicted octanol–water partition coefficient (Wildman–Crippen LogP) is 3.13. The highest BCUT2D eigenvalue weighted by Gasteiger charge is 2.31. The number of hydrogen-bond donors (Lipinski definition) is 1. The Morgan fingerprint density at radius 2 is 1.44 bits per heavy atom. The molecule has 0 aromatic carbocycles. The molecule has 0 aromatic rings. The molecule has 1 aliphatic heterocycles. The zero-order valence-corrected chi connectivity index (χ0v) is 12.3. The molecule has 2 aliphatic rings. The first-order chi connectivity index (χ1) is 8.58. The van der Waals surface area contributed by atoms with Crippen molar-refractivity contribution < 1.29 is 5.21 Å². The Bertz CT molecular complexity index is 241. The molecule has 106 valence electrons. The Kier molecular flexibility index (Phi) is 5.05. The molecule has 1 saturated carbocycles. The van der Waals surface area contributed by atoms with Crippen LogP contribution in [-0.4, -0.2) is 46.4 Å². The maximum Gasteiger partial charge on any atom is 0.0377 e. The topological polar surface area (TPSA) is 26.7 Å². The lowest BCUT2D eigenvalue weighted by molar-refractivity contribution is -0.178. The molecule has 2 fully saturated rings. The van der Waals surface area contributed by atoms with E-state index in [1.807, 2.05) is 0 Å². The quantitative estimate of drug-likeness (QED) is 0.784. The van der Waals surface area contributed by atoms with Gasteiger partial charge in [-0.15, -0.1) is 0 Å². The van der Waals surface area contributed by atoms with E-state index in [-0.39, 0.29) is 0 Å². The fourth-order valence-electron chi connectivity index (χ4n) is 3.47. The Morgan fingerprint density at radius 1 is 0.944 bits per heavy atom. The van der Waals surface area contributed by atoms with E-state index in [4.69, 9.17) is 0 Å². The van der Waals surface area contributed by atoms with Gasteiger partial charge in [-0.05, 0) is 71.4 Å². The summed E-state index contributed by atoms with van der Waals surface area (Å²) in [5.74, 6) is 0.859. The van der Waals surface area contributed by atoms with E-state index in [0.717, 1.165) is 31.8 Å². The monoisotopic (exact) mass is 254 g/mol. The SMILES string of the molecule is CC1CCC(N(O)C2CCN(C(C)C)CC2)CC1. The summed E-state index contributed by atoms with van der Waals surface area (Å²) in [5.41, 5.74) is 0. The van der Waals surface area contributed by atoms with Crippen molar-refractivity contribution in [2.75, 3.05) is 13.1 Å². The third-order valence-electron chi connectivity index (χ3n) is 4.96. The summed E-state index contributed by atoms with van der Waals surface area (Å²) in [5, 5.41) is 12.2. The first-order valence-electron chi connectivity index (χ1n) is 7.79. The van der Waals surface area contributed by atoms with Crippen LogP contribution in [0.15, 0.2) is 0 Å². The fourth-order valence-corrected chi connectivity index (χ4v) is 3.47. The van der Waals surface area contributed by atoms with Gasteiger partial charge in [0.25, 0.3) is 0 Å². The predicted molar refractivity (Wildman–Crippen MR) is 74.8 cm³/mol. The first kappa shape index (κ1) is 14.3. The van der Waals surface area contributed by atoms with Crippen LogP contribution in [0.5, 0.6) is 0 Å². The average molecular weight is 254 g/mol. The fraction of sp³-hybridized carbons (Fsp3) is 1.00. The molecule has 0 radical (unpaired) electrons. The van der Waals surface area contributed by atoms with E-state index < -0.39 is 0 Å². The van der Waals surface area contributed by atoms with Crippen molar-refractivity contribution in [3.63, 3.8) is 0 Å². The standard InChI is InChI=1S/C15H30N2O/c1-12(2)16-10-8-15(9-11-16)17(18)14-6-4-13(3)5-7-14/h12-15,18H,4-11H2,1-3H3. The van der Waals surface area contributed by atoms with E-state index in [0.29, 0.717) is 18.1 Å². The van der Waals surface area contributed by atoms with E-state index in [1.165, 1.54) is 25.7 Å². The largest absolute Gasteiger partial charge is 0.313 e. The van der Waals surface area contributed by atoms with Gasteiger partial charge in [-0.3, -0.25) is 0 Å². The molecule has 0 unspecified atom stereocenters. The minimum Gasteiger partial charge on any atom is -0.313 e. The van der Waals surface area contributed by atoms with Crippen LogP contribution >= 0.6 is 0 Å². The molecule has 1 aliphatic carbocycles.